The Balaban J connectivity index is 1.70. The van der Waals surface area contributed by atoms with Crippen LogP contribution >= 0.6 is 0 Å². The highest BCUT2D eigenvalue weighted by Crippen LogP contribution is 2.42. The molecule has 1 aliphatic rings. The third kappa shape index (κ3) is 3.30. The van der Waals surface area contributed by atoms with Gasteiger partial charge in [0.1, 0.15) is 6.61 Å². The van der Waals surface area contributed by atoms with Crippen molar-refractivity contribution in [2.24, 2.45) is 0 Å². The molecule has 3 rings (SSSR count). The molecule has 0 saturated heterocycles. The van der Waals surface area contributed by atoms with E-state index in [0.29, 0.717) is 24.6 Å². The van der Waals surface area contributed by atoms with Crippen molar-refractivity contribution in [3.63, 3.8) is 0 Å². The number of fused-ring (bicyclic) bond motifs is 1. The van der Waals surface area contributed by atoms with E-state index in [1.165, 1.54) is 11.3 Å². The van der Waals surface area contributed by atoms with Crippen LogP contribution in [0.15, 0.2) is 54.6 Å². The Morgan fingerprint density at radius 3 is 2.54 bits per heavy atom. The molecule has 1 aliphatic heterocycles. The van der Waals surface area contributed by atoms with Crippen molar-refractivity contribution < 1.29 is 9.53 Å². The van der Waals surface area contributed by atoms with Crippen LogP contribution in [0.4, 0.5) is 5.69 Å². The Kier molecular flexibility index (Phi) is 4.61. The van der Waals surface area contributed by atoms with Crippen LogP contribution in [0.1, 0.15) is 49.0 Å². The minimum Gasteiger partial charge on any atom is -0.460 e. The lowest BCUT2D eigenvalue weighted by molar-refractivity contribution is 0.0509. The summed E-state index contributed by atoms with van der Waals surface area (Å²) in [6.07, 6.45) is 1.09. The maximum Gasteiger partial charge on any atom is 0.338 e. The first-order chi connectivity index (χ1) is 11.5. The smallest absolute Gasteiger partial charge is 0.338 e. The third-order valence-corrected chi connectivity index (χ3v) is 4.85. The third-order valence-electron chi connectivity index (χ3n) is 4.85. The number of rotatable bonds is 4. The summed E-state index contributed by atoms with van der Waals surface area (Å²) in [4.78, 5) is 14.5. The average Bonchev–Trinajstić information content (AvgIpc) is 2.58. The molecule has 2 aromatic carbocycles. The van der Waals surface area contributed by atoms with Crippen LogP contribution in [0.25, 0.3) is 0 Å². The molecule has 0 aliphatic carbocycles. The molecule has 2 aromatic rings. The van der Waals surface area contributed by atoms with Gasteiger partial charge in [0.2, 0.25) is 0 Å². The highest BCUT2D eigenvalue weighted by Gasteiger charge is 2.35. The van der Waals surface area contributed by atoms with Crippen LogP contribution in [0.5, 0.6) is 0 Å². The molecule has 0 N–H and O–H groups in total. The lowest BCUT2D eigenvalue weighted by Gasteiger charge is -2.47. The van der Waals surface area contributed by atoms with Gasteiger partial charge >= 0.3 is 5.97 Å². The first kappa shape index (κ1) is 16.6. The number of anilines is 1. The highest BCUT2D eigenvalue weighted by atomic mass is 16.5. The molecular weight excluding hydrogens is 298 g/mol. The van der Waals surface area contributed by atoms with Gasteiger partial charge in [0.25, 0.3) is 0 Å². The van der Waals surface area contributed by atoms with E-state index >= 15 is 0 Å². The van der Waals surface area contributed by atoms with Gasteiger partial charge in [0, 0.05) is 11.2 Å². The highest BCUT2D eigenvalue weighted by molar-refractivity contribution is 5.89. The second-order valence-corrected chi connectivity index (χ2v) is 7.13. The normalized spacial score (nSPS) is 18.8. The van der Waals surface area contributed by atoms with E-state index in [-0.39, 0.29) is 11.5 Å². The Morgan fingerprint density at radius 2 is 1.79 bits per heavy atom. The van der Waals surface area contributed by atoms with Crippen molar-refractivity contribution in [1.29, 1.82) is 0 Å². The van der Waals surface area contributed by atoms with E-state index in [1.54, 1.807) is 12.1 Å². The first-order valence-electron chi connectivity index (χ1n) is 8.58. The summed E-state index contributed by atoms with van der Waals surface area (Å²) in [5.41, 5.74) is 3.29. The van der Waals surface area contributed by atoms with Gasteiger partial charge in [-0.15, -0.1) is 0 Å². The van der Waals surface area contributed by atoms with E-state index in [9.17, 15) is 4.79 Å². The standard InChI is InChI=1S/C21H25NO2/c1-16-15-21(2,3)22(19-12-8-7-11-18(16)19)13-14-24-20(23)17-9-5-4-6-10-17/h4-12,16H,13-15H2,1-3H3. The minimum absolute atomic E-state index is 0.0485. The lowest BCUT2D eigenvalue weighted by atomic mass is 9.80. The quantitative estimate of drug-likeness (QED) is 0.768. The predicted molar refractivity (Wildman–Crippen MR) is 97.6 cm³/mol. The molecule has 0 saturated carbocycles. The molecule has 0 fully saturated rings. The molecule has 0 aromatic heterocycles. The van der Waals surface area contributed by atoms with Crippen molar-refractivity contribution in [2.75, 3.05) is 18.1 Å². The zero-order valence-electron chi connectivity index (χ0n) is 14.7. The van der Waals surface area contributed by atoms with Crippen LogP contribution in [-0.2, 0) is 4.74 Å². The van der Waals surface area contributed by atoms with Crippen LogP contribution < -0.4 is 4.90 Å². The summed E-state index contributed by atoms with van der Waals surface area (Å²) < 4.78 is 5.49. The SMILES string of the molecule is CC1CC(C)(C)N(CCOC(=O)c2ccccc2)c2ccccc21. The molecule has 1 heterocycles. The van der Waals surface area contributed by atoms with Gasteiger partial charge in [0.15, 0.2) is 0 Å². The summed E-state index contributed by atoms with van der Waals surface area (Å²) >= 11 is 0. The molecule has 0 bridgehead atoms. The van der Waals surface area contributed by atoms with Crippen LogP contribution in [-0.4, -0.2) is 24.7 Å². The summed E-state index contributed by atoms with van der Waals surface area (Å²) in [6.45, 7) is 7.90. The zero-order chi connectivity index (χ0) is 17.2. The maximum absolute atomic E-state index is 12.1. The number of benzene rings is 2. The van der Waals surface area contributed by atoms with Crippen LogP contribution in [0, 0.1) is 0 Å². The van der Waals surface area contributed by atoms with Crippen molar-refractivity contribution in [1.82, 2.24) is 0 Å². The molecule has 126 valence electrons. The van der Waals surface area contributed by atoms with Crippen molar-refractivity contribution in [3.8, 4) is 0 Å². The monoisotopic (exact) mass is 323 g/mol. The number of ether oxygens (including phenoxy) is 1. The fourth-order valence-electron chi connectivity index (χ4n) is 3.76. The molecule has 3 nitrogen and oxygen atoms in total. The van der Waals surface area contributed by atoms with Gasteiger partial charge < -0.3 is 9.64 Å². The number of hydrogen-bond acceptors (Lipinski definition) is 3. The number of esters is 1. The summed E-state index contributed by atoms with van der Waals surface area (Å²) in [5, 5.41) is 0. The maximum atomic E-state index is 12.1. The number of hydrogen-bond donors (Lipinski definition) is 0. The number of para-hydroxylation sites is 1. The second-order valence-electron chi connectivity index (χ2n) is 7.13. The van der Waals surface area contributed by atoms with Crippen molar-refractivity contribution >= 4 is 11.7 Å². The number of carbonyl (C=O) groups excluding carboxylic acids is 1. The van der Waals surface area contributed by atoms with Crippen molar-refractivity contribution in [2.45, 2.75) is 38.6 Å². The molecular formula is C21H25NO2. The second kappa shape index (κ2) is 6.68. The first-order valence-corrected chi connectivity index (χ1v) is 8.58. The van der Waals surface area contributed by atoms with Gasteiger partial charge in [-0.25, -0.2) is 4.79 Å². The molecule has 3 heteroatoms. The van der Waals surface area contributed by atoms with Gasteiger partial charge in [-0.2, -0.15) is 0 Å². The van der Waals surface area contributed by atoms with Gasteiger partial charge in [-0.3, -0.25) is 0 Å². The fourth-order valence-corrected chi connectivity index (χ4v) is 3.76. The molecule has 1 unspecified atom stereocenters. The Labute approximate surface area is 144 Å². The van der Waals surface area contributed by atoms with Gasteiger partial charge in [0.05, 0.1) is 12.1 Å². The van der Waals surface area contributed by atoms with E-state index in [1.807, 2.05) is 18.2 Å². The largest absolute Gasteiger partial charge is 0.460 e. The number of carbonyl (C=O) groups is 1. The van der Waals surface area contributed by atoms with E-state index in [0.717, 1.165) is 6.42 Å². The van der Waals surface area contributed by atoms with Gasteiger partial charge in [-0.05, 0) is 49.9 Å². The molecule has 24 heavy (non-hydrogen) atoms. The predicted octanol–water partition coefficient (Wildman–Crippen LogP) is 4.64. The lowest BCUT2D eigenvalue weighted by Crippen LogP contribution is -2.49. The summed E-state index contributed by atoms with van der Waals surface area (Å²) in [5.74, 6) is 0.284. The summed E-state index contributed by atoms with van der Waals surface area (Å²) in [6, 6.07) is 17.7. The number of nitrogens with zero attached hydrogens (tertiary/aromatic N) is 1. The molecule has 1 atom stereocenters. The van der Waals surface area contributed by atoms with Crippen LogP contribution in [0.2, 0.25) is 0 Å². The minimum atomic E-state index is -0.257. The van der Waals surface area contributed by atoms with Crippen LogP contribution in [0.3, 0.4) is 0 Å². The van der Waals surface area contributed by atoms with Gasteiger partial charge in [-0.1, -0.05) is 43.3 Å². The zero-order valence-corrected chi connectivity index (χ0v) is 14.7. The Hall–Kier alpha value is -2.29. The molecule has 0 radical (unpaired) electrons. The summed E-state index contributed by atoms with van der Waals surface area (Å²) in [7, 11) is 0. The molecule has 0 amide bonds. The van der Waals surface area contributed by atoms with E-state index in [4.69, 9.17) is 4.74 Å². The van der Waals surface area contributed by atoms with E-state index in [2.05, 4.69) is 49.9 Å². The Morgan fingerprint density at radius 1 is 1.12 bits per heavy atom. The van der Waals surface area contributed by atoms with E-state index < -0.39 is 0 Å². The average molecular weight is 323 g/mol. The fraction of sp³-hybridized carbons (Fsp3) is 0.381. The molecule has 0 spiro atoms. The topological polar surface area (TPSA) is 29.5 Å². The Bertz CT molecular complexity index is 709. The van der Waals surface area contributed by atoms with Crippen molar-refractivity contribution in [3.05, 3.63) is 65.7 Å².